The molecule has 0 saturated carbocycles. The summed E-state index contributed by atoms with van der Waals surface area (Å²) in [4.78, 5) is 24.2. The van der Waals surface area contributed by atoms with Crippen molar-refractivity contribution >= 4 is 37.9 Å². The highest BCUT2D eigenvalue weighted by Crippen LogP contribution is 2.25. The summed E-state index contributed by atoms with van der Waals surface area (Å²) in [6.45, 7) is 2.16. The van der Waals surface area contributed by atoms with E-state index in [1.54, 1.807) is 0 Å². The fraction of sp³-hybridized carbons (Fsp3) is 0.429. The van der Waals surface area contributed by atoms with E-state index in [4.69, 9.17) is 0 Å². The second-order valence-corrected chi connectivity index (χ2v) is 8.53. The highest BCUT2D eigenvalue weighted by Gasteiger charge is 2.39. The molecule has 7 nitrogen and oxygen atoms in total. The zero-order valence-corrected chi connectivity index (χ0v) is 14.9. The lowest BCUT2D eigenvalue weighted by Crippen LogP contribution is -2.45. The zero-order valence-electron chi connectivity index (χ0n) is 12.5. The van der Waals surface area contributed by atoms with Crippen LogP contribution in [0.15, 0.2) is 22.7 Å². The first-order chi connectivity index (χ1) is 10.8. The predicted octanol–water partition coefficient (Wildman–Crippen LogP) is 1.03. The van der Waals surface area contributed by atoms with Gasteiger partial charge in [0.2, 0.25) is 10.0 Å². The van der Waals surface area contributed by atoms with E-state index in [0.29, 0.717) is 13.0 Å². The molecule has 1 atom stereocenters. The molecule has 0 radical (unpaired) electrons. The molecule has 2 aliphatic rings. The summed E-state index contributed by atoms with van der Waals surface area (Å²) in [5.41, 5.74) is 2.08. The van der Waals surface area contributed by atoms with Crippen LogP contribution in [0.3, 0.4) is 0 Å². The van der Waals surface area contributed by atoms with Gasteiger partial charge in [0.25, 0.3) is 5.91 Å². The number of fused-ring (bicyclic) bond motifs is 1. The first kappa shape index (κ1) is 16.4. The van der Waals surface area contributed by atoms with Gasteiger partial charge in [-0.2, -0.15) is 4.31 Å². The van der Waals surface area contributed by atoms with E-state index in [1.165, 1.54) is 11.2 Å². The molecular weight excluding hydrogens is 386 g/mol. The topological polar surface area (TPSA) is 86.8 Å². The number of hydrogen-bond acceptors (Lipinski definition) is 4. The quantitative estimate of drug-likeness (QED) is 0.766. The van der Waals surface area contributed by atoms with Crippen LogP contribution in [0.2, 0.25) is 0 Å². The lowest BCUT2D eigenvalue weighted by molar-refractivity contribution is -0.120. The second kappa shape index (κ2) is 5.88. The summed E-state index contributed by atoms with van der Waals surface area (Å²) in [5.74, 6) is -0.962. The van der Waals surface area contributed by atoms with Crippen LogP contribution in [0.1, 0.15) is 18.1 Å². The highest BCUT2D eigenvalue weighted by atomic mass is 79.9. The summed E-state index contributed by atoms with van der Waals surface area (Å²) in [6.07, 6.45) is 0.620. The monoisotopic (exact) mass is 401 g/mol. The van der Waals surface area contributed by atoms with E-state index in [-0.39, 0.29) is 6.54 Å². The van der Waals surface area contributed by atoms with E-state index in [1.807, 2.05) is 18.2 Å². The molecule has 2 aliphatic heterocycles. The van der Waals surface area contributed by atoms with Gasteiger partial charge in [0.15, 0.2) is 0 Å². The first-order valence-corrected chi connectivity index (χ1v) is 9.55. The lowest BCUT2D eigenvalue weighted by atomic mass is 10.0. The smallest absolute Gasteiger partial charge is 0.297 e. The Bertz CT molecular complexity index is 780. The SMILES string of the molecule is CC1C(=O)NC(=O)N1CS(=O)(=O)N1CCc2cc(Br)ccc2C1. The maximum atomic E-state index is 12.6. The summed E-state index contributed by atoms with van der Waals surface area (Å²) >= 11 is 3.41. The van der Waals surface area contributed by atoms with Crippen LogP contribution in [0.5, 0.6) is 0 Å². The maximum absolute atomic E-state index is 12.6. The van der Waals surface area contributed by atoms with Crippen molar-refractivity contribution in [2.45, 2.75) is 25.9 Å². The van der Waals surface area contributed by atoms with Gasteiger partial charge in [-0.05, 0) is 36.6 Å². The molecule has 23 heavy (non-hydrogen) atoms. The highest BCUT2D eigenvalue weighted by molar-refractivity contribution is 9.10. The number of carbonyl (C=O) groups is 2. The molecule has 9 heteroatoms. The van der Waals surface area contributed by atoms with E-state index in [2.05, 4.69) is 21.2 Å². The van der Waals surface area contributed by atoms with Crippen molar-refractivity contribution < 1.29 is 18.0 Å². The van der Waals surface area contributed by atoms with Crippen LogP contribution >= 0.6 is 15.9 Å². The van der Waals surface area contributed by atoms with Gasteiger partial charge >= 0.3 is 6.03 Å². The van der Waals surface area contributed by atoms with E-state index in [9.17, 15) is 18.0 Å². The third-order valence-corrected chi connectivity index (χ3v) is 6.38. The summed E-state index contributed by atoms with van der Waals surface area (Å²) < 4.78 is 27.5. The van der Waals surface area contributed by atoms with Crippen molar-refractivity contribution in [1.29, 1.82) is 0 Å². The Morgan fingerprint density at radius 2 is 2.04 bits per heavy atom. The molecule has 1 fully saturated rings. The standard InChI is InChI=1S/C14H16BrN3O4S/c1-9-13(19)16-14(20)18(9)8-23(21,22)17-5-4-10-6-12(15)3-2-11(10)7-17/h2-3,6,9H,4-5,7-8H2,1H3,(H,16,19,20). The number of amides is 3. The van der Waals surface area contributed by atoms with Crippen molar-refractivity contribution in [1.82, 2.24) is 14.5 Å². The van der Waals surface area contributed by atoms with Gasteiger partial charge in [-0.25, -0.2) is 13.2 Å². The number of carbonyl (C=O) groups excluding carboxylic acids is 2. The van der Waals surface area contributed by atoms with Crippen molar-refractivity contribution in [2.24, 2.45) is 0 Å². The van der Waals surface area contributed by atoms with Crippen LogP contribution in [0.4, 0.5) is 4.79 Å². The molecule has 1 unspecified atom stereocenters. The molecule has 2 heterocycles. The Labute approximate surface area is 142 Å². The fourth-order valence-corrected chi connectivity index (χ4v) is 4.73. The minimum Gasteiger partial charge on any atom is -0.297 e. The predicted molar refractivity (Wildman–Crippen MR) is 86.9 cm³/mol. The molecule has 1 saturated heterocycles. The molecule has 3 rings (SSSR count). The van der Waals surface area contributed by atoms with Gasteiger partial charge in [0.1, 0.15) is 11.9 Å². The molecular formula is C14H16BrN3O4S. The van der Waals surface area contributed by atoms with E-state index in [0.717, 1.165) is 20.5 Å². The molecule has 3 amide bonds. The Kier molecular flexibility index (Phi) is 4.19. The molecule has 0 spiro atoms. The van der Waals surface area contributed by atoms with Gasteiger partial charge in [-0.3, -0.25) is 15.0 Å². The lowest BCUT2D eigenvalue weighted by Gasteiger charge is -2.30. The number of benzene rings is 1. The minimum absolute atomic E-state index is 0.280. The number of nitrogens with zero attached hydrogens (tertiary/aromatic N) is 2. The number of halogens is 1. The minimum atomic E-state index is -3.67. The molecule has 0 aliphatic carbocycles. The second-order valence-electron chi connectivity index (χ2n) is 5.68. The number of imide groups is 1. The summed E-state index contributed by atoms with van der Waals surface area (Å²) in [7, 11) is -3.67. The average Bonchev–Trinajstić information content (AvgIpc) is 2.73. The molecule has 0 bridgehead atoms. The van der Waals surface area contributed by atoms with Crippen LogP contribution in [0.25, 0.3) is 0 Å². The Morgan fingerprint density at radius 1 is 1.30 bits per heavy atom. The zero-order chi connectivity index (χ0) is 16.8. The van der Waals surface area contributed by atoms with Gasteiger partial charge in [0, 0.05) is 17.6 Å². The number of sulfonamides is 1. The molecule has 124 valence electrons. The Balaban J connectivity index is 1.77. The van der Waals surface area contributed by atoms with E-state index >= 15 is 0 Å². The van der Waals surface area contributed by atoms with Crippen molar-refractivity contribution in [3.63, 3.8) is 0 Å². The third kappa shape index (κ3) is 3.13. The molecule has 0 aromatic heterocycles. The van der Waals surface area contributed by atoms with Gasteiger partial charge < -0.3 is 0 Å². The Morgan fingerprint density at radius 3 is 2.70 bits per heavy atom. The van der Waals surface area contributed by atoms with Crippen LogP contribution in [-0.4, -0.2) is 48.0 Å². The van der Waals surface area contributed by atoms with Gasteiger partial charge in [-0.15, -0.1) is 0 Å². The normalized spacial score (nSPS) is 22.2. The fourth-order valence-electron chi connectivity index (χ4n) is 2.76. The average molecular weight is 402 g/mol. The van der Waals surface area contributed by atoms with Crippen molar-refractivity contribution in [3.05, 3.63) is 33.8 Å². The van der Waals surface area contributed by atoms with Gasteiger partial charge in [0.05, 0.1) is 0 Å². The third-order valence-electron chi connectivity index (χ3n) is 4.18. The number of rotatable bonds is 3. The number of hydrogen-bond donors (Lipinski definition) is 1. The Hall–Kier alpha value is -1.45. The molecule has 1 aromatic carbocycles. The van der Waals surface area contributed by atoms with Crippen molar-refractivity contribution in [2.75, 3.05) is 12.4 Å². The number of nitrogens with one attached hydrogen (secondary N) is 1. The maximum Gasteiger partial charge on any atom is 0.325 e. The van der Waals surface area contributed by atoms with Crippen molar-refractivity contribution in [3.8, 4) is 0 Å². The molecule has 1 N–H and O–H groups in total. The van der Waals surface area contributed by atoms with Crippen LogP contribution < -0.4 is 5.32 Å². The van der Waals surface area contributed by atoms with Gasteiger partial charge in [-0.1, -0.05) is 22.0 Å². The summed E-state index contributed by atoms with van der Waals surface area (Å²) in [5, 5.41) is 2.12. The summed E-state index contributed by atoms with van der Waals surface area (Å²) in [6, 6.07) is 4.34. The van der Waals surface area contributed by atoms with Crippen LogP contribution in [-0.2, 0) is 27.8 Å². The van der Waals surface area contributed by atoms with E-state index < -0.39 is 33.9 Å². The molecule has 1 aromatic rings. The largest absolute Gasteiger partial charge is 0.325 e. The number of urea groups is 1. The van der Waals surface area contributed by atoms with Crippen LogP contribution in [0, 0.1) is 0 Å². The first-order valence-electron chi connectivity index (χ1n) is 7.14.